The number of rotatable bonds is 4. The van der Waals surface area contributed by atoms with Crippen LogP contribution in [0.5, 0.6) is 5.75 Å². The monoisotopic (exact) mass is 258 g/mol. The van der Waals surface area contributed by atoms with Crippen LogP contribution in [0.3, 0.4) is 0 Å². The Kier molecular flexibility index (Phi) is 6.61. The minimum atomic E-state index is -0.260. The van der Waals surface area contributed by atoms with Gasteiger partial charge in [0.25, 0.3) is 0 Å². The summed E-state index contributed by atoms with van der Waals surface area (Å²) in [5.41, 5.74) is 6.91. The van der Waals surface area contributed by atoms with Gasteiger partial charge in [0.2, 0.25) is 5.91 Å². The number of benzene rings is 1. The molecule has 4 N–H and O–H groups in total. The van der Waals surface area contributed by atoms with Gasteiger partial charge in [-0.2, -0.15) is 0 Å². The molecule has 1 aromatic rings. The smallest absolute Gasteiger partial charge is 0.228 e. The highest BCUT2D eigenvalue weighted by atomic mass is 35.5. The maximum atomic E-state index is 11.6. The highest BCUT2D eigenvalue weighted by molar-refractivity contribution is 5.93. The second kappa shape index (κ2) is 7.14. The van der Waals surface area contributed by atoms with Gasteiger partial charge in [0.1, 0.15) is 5.75 Å². The molecule has 0 aliphatic carbocycles. The van der Waals surface area contributed by atoms with Crippen LogP contribution in [0.25, 0.3) is 0 Å². The summed E-state index contributed by atoms with van der Waals surface area (Å²) in [4.78, 5) is 11.6. The number of phenols is 1. The summed E-state index contributed by atoms with van der Waals surface area (Å²) in [6, 6.07) is 5.19. The fourth-order valence-electron chi connectivity index (χ4n) is 1.27. The molecule has 1 unspecified atom stereocenters. The number of phenolic OH excluding ortho intramolecular Hbond substituents is 1. The number of nitrogens with two attached hydrogens (primary N) is 1. The summed E-state index contributed by atoms with van der Waals surface area (Å²) in [5.74, 6) is -0.356. The van der Waals surface area contributed by atoms with E-state index >= 15 is 0 Å². The van der Waals surface area contributed by atoms with E-state index in [-0.39, 0.29) is 30.0 Å². The number of carbonyl (C=O) groups excluding carboxylic acids is 1. The van der Waals surface area contributed by atoms with Gasteiger partial charge in [0.05, 0.1) is 5.69 Å². The fraction of sp³-hybridized carbons (Fsp3) is 0.417. The number of amides is 1. The summed E-state index contributed by atoms with van der Waals surface area (Å²) in [6.45, 7) is 4.05. The van der Waals surface area contributed by atoms with E-state index in [0.717, 1.165) is 12.0 Å². The topological polar surface area (TPSA) is 75.3 Å². The van der Waals surface area contributed by atoms with Crippen LogP contribution in [0.2, 0.25) is 0 Å². The van der Waals surface area contributed by atoms with Crippen LogP contribution in [0.1, 0.15) is 19.4 Å². The van der Waals surface area contributed by atoms with Gasteiger partial charge in [0, 0.05) is 12.5 Å². The Bertz CT molecular complexity index is 383. The van der Waals surface area contributed by atoms with Crippen LogP contribution in [-0.4, -0.2) is 17.6 Å². The Morgan fingerprint density at radius 1 is 1.53 bits per heavy atom. The molecule has 0 heterocycles. The van der Waals surface area contributed by atoms with Gasteiger partial charge in [0.15, 0.2) is 0 Å². The normalized spacial score (nSPS) is 11.5. The first kappa shape index (κ1) is 15.7. The maximum absolute atomic E-state index is 11.6. The van der Waals surface area contributed by atoms with Crippen LogP contribution >= 0.6 is 12.4 Å². The summed E-state index contributed by atoms with van der Waals surface area (Å²) < 4.78 is 0. The minimum Gasteiger partial charge on any atom is -0.506 e. The van der Waals surface area contributed by atoms with E-state index in [2.05, 4.69) is 5.32 Å². The molecular formula is C12H19ClN2O2. The van der Waals surface area contributed by atoms with Crippen LogP contribution in [0.4, 0.5) is 5.69 Å². The van der Waals surface area contributed by atoms with Crippen LogP contribution in [-0.2, 0) is 11.2 Å². The molecule has 0 saturated carbocycles. The van der Waals surface area contributed by atoms with Crippen molar-refractivity contribution in [2.45, 2.75) is 20.3 Å². The van der Waals surface area contributed by atoms with E-state index in [1.54, 1.807) is 19.1 Å². The predicted octanol–water partition coefficient (Wildman–Crippen LogP) is 1.91. The van der Waals surface area contributed by atoms with Gasteiger partial charge in [-0.25, -0.2) is 0 Å². The van der Waals surface area contributed by atoms with E-state index in [1.807, 2.05) is 13.0 Å². The number of anilines is 1. The fourth-order valence-corrected chi connectivity index (χ4v) is 1.27. The second-order valence-electron chi connectivity index (χ2n) is 3.83. The molecule has 0 radical (unpaired) electrons. The molecule has 0 fully saturated rings. The molecule has 0 aromatic heterocycles. The first-order valence-electron chi connectivity index (χ1n) is 5.41. The molecule has 0 aliphatic heterocycles. The van der Waals surface area contributed by atoms with E-state index < -0.39 is 0 Å². The van der Waals surface area contributed by atoms with Gasteiger partial charge in [-0.15, -0.1) is 12.4 Å². The number of hydrogen-bond donors (Lipinski definition) is 3. The highest BCUT2D eigenvalue weighted by Crippen LogP contribution is 2.24. The largest absolute Gasteiger partial charge is 0.506 e. The number of carbonyl (C=O) groups is 1. The number of nitrogens with one attached hydrogen (secondary N) is 1. The number of halogens is 1. The molecular weight excluding hydrogens is 240 g/mol. The third-order valence-electron chi connectivity index (χ3n) is 2.53. The molecule has 4 nitrogen and oxygen atoms in total. The SMILES string of the molecule is CCc1ccc(O)c(NC(=O)C(C)CN)c1.Cl. The van der Waals surface area contributed by atoms with Gasteiger partial charge < -0.3 is 16.2 Å². The third-order valence-corrected chi connectivity index (χ3v) is 2.53. The molecule has 0 spiro atoms. The summed E-state index contributed by atoms with van der Waals surface area (Å²) in [7, 11) is 0. The number of aromatic hydroxyl groups is 1. The van der Waals surface area contributed by atoms with Crippen molar-refractivity contribution in [3.63, 3.8) is 0 Å². The zero-order valence-corrected chi connectivity index (χ0v) is 10.9. The van der Waals surface area contributed by atoms with Crippen LogP contribution in [0.15, 0.2) is 18.2 Å². The third kappa shape index (κ3) is 4.24. The molecule has 0 saturated heterocycles. The molecule has 96 valence electrons. The van der Waals surface area contributed by atoms with Crippen molar-refractivity contribution in [1.29, 1.82) is 0 Å². The van der Waals surface area contributed by atoms with Crippen molar-refractivity contribution in [2.24, 2.45) is 11.7 Å². The maximum Gasteiger partial charge on any atom is 0.228 e. The number of aryl methyl sites for hydroxylation is 1. The van der Waals surface area contributed by atoms with Crippen LogP contribution < -0.4 is 11.1 Å². The van der Waals surface area contributed by atoms with Crippen molar-refractivity contribution in [3.8, 4) is 5.75 Å². The summed E-state index contributed by atoms with van der Waals surface area (Å²) in [5, 5.41) is 12.3. The van der Waals surface area contributed by atoms with E-state index in [4.69, 9.17) is 5.73 Å². The van der Waals surface area contributed by atoms with Crippen molar-refractivity contribution in [3.05, 3.63) is 23.8 Å². The lowest BCUT2D eigenvalue weighted by Gasteiger charge is -2.12. The Labute approximate surface area is 108 Å². The summed E-state index contributed by atoms with van der Waals surface area (Å²) in [6.07, 6.45) is 0.857. The average molecular weight is 259 g/mol. The van der Waals surface area contributed by atoms with Crippen molar-refractivity contribution >= 4 is 24.0 Å². The van der Waals surface area contributed by atoms with Gasteiger partial charge >= 0.3 is 0 Å². The van der Waals surface area contributed by atoms with Crippen molar-refractivity contribution in [2.75, 3.05) is 11.9 Å². The van der Waals surface area contributed by atoms with E-state index in [1.165, 1.54) is 0 Å². The summed E-state index contributed by atoms with van der Waals surface area (Å²) >= 11 is 0. The van der Waals surface area contributed by atoms with E-state index in [0.29, 0.717) is 12.2 Å². The predicted molar refractivity (Wildman–Crippen MR) is 71.6 cm³/mol. The Balaban J connectivity index is 0.00000256. The van der Waals surface area contributed by atoms with Crippen molar-refractivity contribution < 1.29 is 9.90 Å². The molecule has 1 aromatic carbocycles. The zero-order valence-electron chi connectivity index (χ0n) is 10.1. The van der Waals surface area contributed by atoms with Crippen molar-refractivity contribution in [1.82, 2.24) is 0 Å². The molecule has 0 bridgehead atoms. The van der Waals surface area contributed by atoms with Gasteiger partial charge in [-0.05, 0) is 24.1 Å². The van der Waals surface area contributed by atoms with E-state index in [9.17, 15) is 9.90 Å². The lowest BCUT2D eigenvalue weighted by atomic mass is 10.1. The Morgan fingerprint density at radius 3 is 2.71 bits per heavy atom. The molecule has 1 rings (SSSR count). The lowest BCUT2D eigenvalue weighted by Crippen LogP contribution is -2.26. The Hall–Kier alpha value is -1.26. The molecule has 1 amide bonds. The Morgan fingerprint density at radius 2 is 2.18 bits per heavy atom. The molecule has 17 heavy (non-hydrogen) atoms. The first-order valence-corrected chi connectivity index (χ1v) is 5.41. The van der Waals surface area contributed by atoms with Gasteiger partial charge in [-0.1, -0.05) is 19.9 Å². The van der Waals surface area contributed by atoms with Gasteiger partial charge in [-0.3, -0.25) is 4.79 Å². The number of hydrogen-bond acceptors (Lipinski definition) is 3. The highest BCUT2D eigenvalue weighted by Gasteiger charge is 2.12. The average Bonchev–Trinajstić information content (AvgIpc) is 2.30. The first-order chi connectivity index (χ1) is 7.58. The standard InChI is InChI=1S/C12H18N2O2.ClH/c1-3-9-4-5-11(15)10(6-9)14-12(16)8(2)7-13;/h4-6,8,15H,3,7,13H2,1-2H3,(H,14,16);1H. The zero-order chi connectivity index (χ0) is 12.1. The molecule has 5 heteroatoms. The second-order valence-corrected chi connectivity index (χ2v) is 3.83. The quantitative estimate of drug-likeness (QED) is 0.722. The van der Waals surface area contributed by atoms with Crippen LogP contribution in [0, 0.1) is 5.92 Å². The molecule has 1 atom stereocenters. The lowest BCUT2D eigenvalue weighted by molar-refractivity contribution is -0.119. The molecule has 0 aliphatic rings. The minimum absolute atomic E-state index is 0.